The van der Waals surface area contributed by atoms with Crippen molar-refractivity contribution in [2.45, 2.75) is 31.5 Å². The van der Waals surface area contributed by atoms with E-state index in [-0.39, 0.29) is 43.2 Å². The Bertz CT molecular complexity index is 774. The summed E-state index contributed by atoms with van der Waals surface area (Å²) in [7, 11) is 0. The highest BCUT2D eigenvalue weighted by Crippen LogP contribution is 2.28. The molecule has 0 aliphatic carbocycles. The fourth-order valence-electron chi connectivity index (χ4n) is 3.11. The first-order valence-electron chi connectivity index (χ1n) is 8.35. The zero-order valence-corrected chi connectivity index (χ0v) is 14.0. The van der Waals surface area contributed by atoms with Gasteiger partial charge < -0.3 is 16.2 Å². The van der Waals surface area contributed by atoms with Crippen LogP contribution in [0.25, 0.3) is 0 Å². The number of nitrogens with zero attached hydrogens (tertiary/aromatic N) is 1. The average Bonchev–Trinajstić information content (AvgIpc) is 2.87. The van der Waals surface area contributed by atoms with Crippen LogP contribution in [0.2, 0.25) is 0 Å². The number of hydrogen-bond donors (Lipinski definition) is 4. The number of benzene rings is 1. The predicted molar refractivity (Wildman–Crippen MR) is 89.9 cm³/mol. The highest BCUT2D eigenvalue weighted by molar-refractivity contribution is 6.23. The van der Waals surface area contributed by atoms with Crippen LogP contribution in [0.3, 0.4) is 0 Å². The van der Waals surface area contributed by atoms with Crippen LogP contribution in [0.15, 0.2) is 18.2 Å². The molecule has 0 bridgehead atoms. The molecule has 3 rings (SSSR count). The smallest absolute Gasteiger partial charge is 0.262 e. The standard InChI is InChI=1S/C17H20N4O5/c18-6-10(8-22)19-7-9-1-2-11-12(5-9)17(26)21(16(11)25)13-3-4-14(23)20-15(13)24/h1-2,5,10,13,19,22H,3-4,6-8,18H2,(H,20,23,24). The van der Waals surface area contributed by atoms with Crippen molar-refractivity contribution in [1.82, 2.24) is 15.5 Å². The van der Waals surface area contributed by atoms with Crippen molar-refractivity contribution in [3.8, 4) is 0 Å². The van der Waals surface area contributed by atoms with Crippen molar-refractivity contribution in [3.05, 3.63) is 34.9 Å². The van der Waals surface area contributed by atoms with Crippen molar-refractivity contribution in [3.63, 3.8) is 0 Å². The number of nitrogens with one attached hydrogen (secondary N) is 2. The molecule has 1 aromatic rings. The zero-order chi connectivity index (χ0) is 18.8. The largest absolute Gasteiger partial charge is 0.395 e. The molecule has 2 heterocycles. The minimum atomic E-state index is -0.974. The van der Waals surface area contributed by atoms with Crippen LogP contribution in [0.5, 0.6) is 0 Å². The Morgan fingerprint density at radius 2 is 1.96 bits per heavy atom. The Labute approximate surface area is 149 Å². The summed E-state index contributed by atoms with van der Waals surface area (Å²) in [5, 5.41) is 14.4. The first-order chi connectivity index (χ1) is 12.5. The summed E-state index contributed by atoms with van der Waals surface area (Å²) in [5.41, 5.74) is 6.73. The first kappa shape index (κ1) is 18.2. The Hall–Kier alpha value is -2.62. The van der Waals surface area contributed by atoms with Gasteiger partial charge in [0.25, 0.3) is 11.8 Å². The van der Waals surface area contributed by atoms with E-state index in [2.05, 4.69) is 10.6 Å². The summed E-state index contributed by atoms with van der Waals surface area (Å²) in [6.07, 6.45) is 0.208. The number of piperidine rings is 1. The Kier molecular flexibility index (Phi) is 5.12. The highest BCUT2D eigenvalue weighted by Gasteiger charge is 2.44. The third kappa shape index (κ3) is 3.24. The molecule has 2 unspecified atom stereocenters. The van der Waals surface area contributed by atoms with Gasteiger partial charge in [0.05, 0.1) is 17.7 Å². The quantitative estimate of drug-likeness (QED) is 0.452. The van der Waals surface area contributed by atoms with E-state index in [1.165, 1.54) is 0 Å². The number of amides is 4. The van der Waals surface area contributed by atoms with E-state index in [9.17, 15) is 19.2 Å². The maximum Gasteiger partial charge on any atom is 0.262 e. The predicted octanol–water partition coefficient (Wildman–Crippen LogP) is -1.50. The summed E-state index contributed by atoms with van der Waals surface area (Å²) in [5.74, 6) is -2.12. The number of hydrogen-bond acceptors (Lipinski definition) is 7. The van der Waals surface area contributed by atoms with Crippen LogP contribution in [-0.4, -0.2) is 58.9 Å². The van der Waals surface area contributed by atoms with Gasteiger partial charge in [-0.15, -0.1) is 0 Å². The number of fused-ring (bicyclic) bond motifs is 1. The highest BCUT2D eigenvalue weighted by atomic mass is 16.3. The fraction of sp³-hybridized carbons (Fsp3) is 0.412. The lowest BCUT2D eigenvalue weighted by atomic mass is 10.0. The van der Waals surface area contributed by atoms with E-state index in [4.69, 9.17) is 10.8 Å². The topological polar surface area (TPSA) is 142 Å². The molecule has 0 aromatic heterocycles. The van der Waals surface area contributed by atoms with Gasteiger partial charge in [-0.3, -0.25) is 29.4 Å². The number of carbonyl (C=O) groups excluding carboxylic acids is 4. The van der Waals surface area contributed by atoms with Crippen molar-refractivity contribution in [2.75, 3.05) is 13.2 Å². The average molecular weight is 360 g/mol. The Morgan fingerprint density at radius 3 is 2.62 bits per heavy atom. The van der Waals surface area contributed by atoms with Crippen LogP contribution in [0, 0.1) is 0 Å². The molecule has 9 heteroatoms. The number of imide groups is 2. The summed E-state index contributed by atoms with van der Waals surface area (Å²) in [6.45, 7) is 0.528. The van der Waals surface area contributed by atoms with E-state index >= 15 is 0 Å². The molecule has 4 amide bonds. The van der Waals surface area contributed by atoms with Crippen LogP contribution in [0.4, 0.5) is 0 Å². The first-order valence-corrected chi connectivity index (χ1v) is 8.35. The maximum atomic E-state index is 12.7. The van der Waals surface area contributed by atoms with Gasteiger partial charge in [0, 0.05) is 25.6 Å². The molecule has 1 saturated heterocycles. The molecule has 0 radical (unpaired) electrons. The minimum absolute atomic E-state index is 0.0839. The molecular formula is C17H20N4O5. The van der Waals surface area contributed by atoms with Gasteiger partial charge >= 0.3 is 0 Å². The van der Waals surface area contributed by atoms with Gasteiger partial charge in [-0.2, -0.15) is 0 Å². The zero-order valence-electron chi connectivity index (χ0n) is 14.0. The van der Waals surface area contributed by atoms with E-state index in [0.717, 1.165) is 10.5 Å². The Balaban J connectivity index is 1.79. The number of aliphatic hydroxyl groups is 1. The van der Waals surface area contributed by atoms with Gasteiger partial charge in [0.15, 0.2) is 0 Å². The second kappa shape index (κ2) is 7.32. The third-order valence-corrected chi connectivity index (χ3v) is 4.60. The lowest BCUT2D eigenvalue weighted by Crippen LogP contribution is -2.54. The molecule has 2 aliphatic rings. The summed E-state index contributed by atoms with van der Waals surface area (Å²) < 4.78 is 0. The second-order valence-electron chi connectivity index (χ2n) is 6.32. The fourth-order valence-corrected chi connectivity index (χ4v) is 3.11. The van der Waals surface area contributed by atoms with Crippen LogP contribution < -0.4 is 16.4 Å². The van der Waals surface area contributed by atoms with E-state index in [1.807, 2.05) is 0 Å². The van der Waals surface area contributed by atoms with Gasteiger partial charge in [-0.1, -0.05) is 6.07 Å². The van der Waals surface area contributed by atoms with E-state index in [1.54, 1.807) is 18.2 Å². The Morgan fingerprint density at radius 1 is 1.23 bits per heavy atom. The molecule has 1 aromatic carbocycles. The molecule has 1 fully saturated rings. The monoisotopic (exact) mass is 360 g/mol. The van der Waals surface area contributed by atoms with E-state index in [0.29, 0.717) is 6.54 Å². The second-order valence-corrected chi connectivity index (χ2v) is 6.32. The third-order valence-electron chi connectivity index (χ3n) is 4.60. The summed E-state index contributed by atoms with van der Waals surface area (Å²) in [6, 6.07) is 3.61. The maximum absolute atomic E-state index is 12.7. The van der Waals surface area contributed by atoms with Crippen molar-refractivity contribution in [1.29, 1.82) is 0 Å². The molecule has 138 valence electrons. The molecule has 5 N–H and O–H groups in total. The molecule has 2 atom stereocenters. The molecule has 9 nitrogen and oxygen atoms in total. The number of aliphatic hydroxyl groups excluding tert-OH is 1. The van der Waals surface area contributed by atoms with Crippen LogP contribution in [0.1, 0.15) is 39.1 Å². The number of rotatable bonds is 6. The van der Waals surface area contributed by atoms with Crippen molar-refractivity contribution < 1.29 is 24.3 Å². The van der Waals surface area contributed by atoms with Crippen molar-refractivity contribution >= 4 is 23.6 Å². The molecule has 26 heavy (non-hydrogen) atoms. The number of nitrogens with two attached hydrogens (primary N) is 1. The lowest BCUT2D eigenvalue weighted by Gasteiger charge is -2.27. The summed E-state index contributed by atoms with van der Waals surface area (Å²) >= 11 is 0. The van der Waals surface area contributed by atoms with Gasteiger partial charge in [-0.25, -0.2) is 0 Å². The van der Waals surface area contributed by atoms with Crippen LogP contribution in [-0.2, 0) is 16.1 Å². The molecule has 2 aliphatic heterocycles. The minimum Gasteiger partial charge on any atom is -0.395 e. The van der Waals surface area contributed by atoms with Gasteiger partial charge in [-0.05, 0) is 24.1 Å². The SMILES string of the molecule is NCC(CO)NCc1ccc2c(c1)C(=O)N(C1CCC(=O)NC1=O)C2=O. The van der Waals surface area contributed by atoms with Gasteiger partial charge in [0.2, 0.25) is 11.8 Å². The van der Waals surface area contributed by atoms with Crippen LogP contribution >= 0.6 is 0 Å². The van der Waals surface area contributed by atoms with Gasteiger partial charge in [0.1, 0.15) is 6.04 Å². The van der Waals surface area contributed by atoms with Crippen molar-refractivity contribution in [2.24, 2.45) is 5.73 Å². The lowest BCUT2D eigenvalue weighted by molar-refractivity contribution is -0.136. The molecule has 0 saturated carbocycles. The molecular weight excluding hydrogens is 340 g/mol. The van der Waals surface area contributed by atoms with E-state index < -0.39 is 29.7 Å². The number of carbonyl (C=O) groups is 4. The normalized spacial score (nSPS) is 21.0. The summed E-state index contributed by atoms with van der Waals surface area (Å²) in [4.78, 5) is 49.5. The molecule has 0 spiro atoms.